The number of fused-ring (bicyclic) bond motifs is 1. The Morgan fingerprint density at radius 1 is 1.28 bits per heavy atom. The molecule has 1 aromatic carbocycles. The molecule has 1 aliphatic heterocycles. The van der Waals surface area contributed by atoms with Gasteiger partial charge in [0.1, 0.15) is 0 Å². The van der Waals surface area contributed by atoms with Crippen molar-refractivity contribution in [3.05, 3.63) is 23.8 Å². The largest absolute Gasteiger partial charge is 0.371 e. The quantitative estimate of drug-likeness (QED) is 0.849. The summed E-state index contributed by atoms with van der Waals surface area (Å²) >= 11 is 1.81. The molecule has 2 N–H and O–H groups in total. The first-order chi connectivity index (χ1) is 8.83. The van der Waals surface area contributed by atoms with Crippen LogP contribution in [0.25, 0.3) is 0 Å². The molecule has 1 saturated heterocycles. The first-order valence-electron chi connectivity index (χ1n) is 6.94. The Morgan fingerprint density at radius 2 is 2.00 bits per heavy atom. The molecule has 98 valence electrons. The summed E-state index contributed by atoms with van der Waals surface area (Å²) in [4.78, 5) is 3.92. The highest BCUT2D eigenvalue weighted by atomic mass is 32.2. The maximum Gasteiger partial charge on any atom is 0.0423 e. The van der Waals surface area contributed by atoms with Gasteiger partial charge in [0.05, 0.1) is 0 Å². The Labute approximate surface area is 114 Å². The van der Waals surface area contributed by atoms with Crippen LogP contribution < -0.4 is 10.6 Å². The van der Waals surface area contributed by atoms with Crippen LogP contribution in [0.2, 0.25) is 0 Å². The van der Waals surface area contributed by atoms with E-state index in [0.717, 1.165) is 11.8 Å². The van der Waals surface area contributed by atoms with Crippen molar-refractivity contribution < 1.29 is 0 Å². The summed E-state index contributed by atoms with van der Waals surface area (Å²) in [6, 6.07) is 6.62. The van der Waals surface area contributed by atoms with Crippen LogP contribution in [-0.2, 0) is 6.54 Å². The first-order valence-corrected chi connectivity index (χ1v) is 8.17. The number of hydrogen-bond donors (Lipinski definition) is 1. The molecule has 0 amide bonds. The zero-order valence-electron chi connectivity index (χ0n) is 11.1. The Kier molecular flexibility index (Phi) is 3.53. The third-order valence-corrected chi connectivity index (χ3v) is 5.42. The van der Waals surface area contributed by atoms with Crippen LogP contribution in [0.5, 0.6) is 0 Å². The summed E-state index contributed by atoms with van der Waals surface area (Å²) in [6.07, 6.45) is 6.44. The van der Waals surface area contributed by atoms with Crippen LogP contribution in [0.15, 0.2) is 23.1 Å². The number of hydrogen-bond acceptors (Lipinski definition) is 3. The van der Waals surface area contributed by atoms with Crippen molar-refractivity contribution in [2.75, 3.05) is 24.2 Å². The summed E-state index contributed by atoms with van der Waals surface area (Å²) in [6.45, 7) is 3.14. The van der Waals surface area contributed by atoms with Crippen molar-refractivity contribution in [2.24, 2.45) is 17.6 Å². The van der Waals surface area contributed by atoms with Gasteiger partial charge in [0.2, 0.25) is 0 Å². The number of rotatable bonds is 3. The number of nitrogens with zero attached hydrogens (tertiary/aromatic N) is 1. The third-order valence-electron chi connectivity index (χ3n) is 4.60. The van der Waals surface area contributed by atoms with Crippen molar-refractivity contribution in [3.63, 3.8) is 0 Å². The highest BCUT2D eigenvalue weighted by Gasteiger charge is 2.36. The van der Waals surface area contributed by atoms with Gasteiger partial charge in [-0.15, -0.1) is 11.8 Å². The van der Waals surface area contributed by atoms with Gasteiger partial charge in [-0.05, 0) is 43.1 Å². The lowest BCUT2D eigenvalue weighted by atomic mass is 10.0. The van der Waals surface area contributed by atoms with E-state index in [1.807, 2.05) is 11.8 Å². The lowest BCUT2D eigenvalue weighted by molar-refractivity contribution is 0.494. The Bertz CT molecular complexity index is 421. The number of nitrogens with two attached hydrogens (primary N) is 1. The molecular weight excluding hydrogens is 240 g/mol. The van der Waals surface area contributed by atoms with Crippen LogP contribution in [-0.4, -0.2) is 19.3 Å². The summed E-state index contributed by atoms with van der Waals surface area (Å²) in [5, 5.41) is 0. The normalized spacial score (nSPS) is 26.7. The van der Waals surface area contributed by atoms with Gasteiger partial charge in [0.25, 0.3) is 0 Å². The van der Waals surface area contributed by atoms with Crippen molar-refractivity contribution >= 4 is 17.4 Å². The van der Waals surface area contributed by atoms with Gasteiger partial charge in [-0.25, -0.2) is 0 Å². The molecule has 1 aromatic rings. The number of benzene rings is 1. The Hall–Kier alpha value is -0.670. The third kappa shape index (κ3) is 2.04. The second-order valence-electron chi connectivity index (χ2n) is 5.52. The fraction of sp³-hybridized carbons (Fsp3) is 0.600. The molecule has 1 heterocycles. The average molecular weight is 262 g/mol. The molecule has 1 aliphatic carbocycles. The highest BCUT2D eigenvalue weighted by molar-refractivity contribution is 7.98. The standard InChI is InChI=1S/C15H22N2S/c1-18-15-7-3-6-14(13(15)8-16)17-9-11-4-2-5-12(11)10-17/h3,6-7,11-12H,2,4-5,8-10,16H2,1H3. The molecule has 0 radical (unpaired) electrons. The molecular formula is C15H22N2S. The van der Waals surface area contributed by atoms with Gasteiger partial charge < -0.3 is 10.6 Å². The summed E-state index contributed by atoms with van der Waals surface area (Å²) < 4.78 is 0. The smallest absolute Gasteiger partial charge is 0.0423 e. The van der Waals surface area contributed by atoms with Crippen LogP contribution in [0.1, 0.15) is 24.8 Å². The summed E-state index contributed by atoms with van der Waals surface area (Å²) in [5.74, 6) is 1.88. The second kappa shape index (κ2) is 5.14. The van der Waals surface area contributed by atoms with Crippen LogP contribution in [0, 0.1) is 11.8 Å². The van der Waals surface area contributed by atoms with Gasteiger partial charge >= 0.3 is 0 Å². The molecule has 3 heteroatoms. The van der Waals surface area contributed by atoms with E-state index in [2.05, 4.69) is 29.4 Å². The minimum absolute atomic E-state index is 0.651. The fourth-order valence-electron chi connectivity index (χ4n) is 3.68. The van der Waals surface area contributed by atoms with E-state index in [4.69, 9.17) is 5.73 Å². The number of thioether (sulfide) groups is 1. The van der Waals surface area contributed by atoms with Gasteiger partial charge in [0.15, 0.2) is 0 Å². The van der Waals surface area contributed by atoms with Crippen molar-refractivity contribution in [1.82, 2.24) is 0 Å². The van der Waals surface area contributed by atoms with Crippen molar-refractivity contribution in [2.45, 2.75) is 30.7 Å². The van der Waals surface area contributed by atoms with Gasteiger partial charge in [-0.1, -0.05) is 12.5 Å². The van der Waals surface area contributed by atoms with Gasteiger partial charge in [0, 0.05) is 35.8 Å². The van der Waals surface area contributed by atoms with Crippen LogP contribution in [0.3, 0.4) is 0 Å². The fourth-order valence-corrected chi connectivity index (χ4v) is 4.33. The zero-order valence-corrected chi connectivity index (χ0v) is 11.9. The van der Waals surface area contributed by atoms with Crippen LogP contribution in [0.4, 0.5) is 5.69 Å². The first kappa shape index (κ1) is 12.4. The minimum atomic E-state index is 0.651. The van der Waals surface area contributed by atoms with Gasteiger partial charge in [-0.2, -0.15) is 0 Å². The summed E-state index contributed by atoms with van der Waals surface area (Å²) in [5.41, 5.74) is 8.70. The monoisotopic (exact) mass is 262 g/mol. The van der Waals surface area contributed by atoms with E-state index in [0.29, 0.717) is 6.54 Å². The molecule has 18 heavy (non-hydrogen) atoms. The number of anilines is 1. The van der Waals surface area contributed by atoms with E-state index >= 15 is 0 Å². The maximum absolute atomic E-state index is 5.97. The van der Waals surface area contributed by atoms with E-state index in [-0.39, 0.29) is 0 Å². The molecule has 2 unspecified atom stereocenters. The van der Waals surface area contributed by atoms with E-state index in [9.17, 15) is 0 Å². The molecule has 2 fully saturated rings. The van der Waals surface area contributed by atoms with Gasteiger partial charge in [-0.3, -0.25) is 0 Å². The van der Waals surface area contributed by atoms with E-state index in [1.54, 1.807) is 0 Å². The topological polar surface area (TPSA) is 29.3 Å². The molecule has 1 saturated carbocycles. The lowest BCUT2D eigenvalue weighted by Gasteiger charge is -2.24. The predicted molar refractivity (Wildman–Crippen MR) is 79.2 cm³/mol. The van der Waals surface area contributed by atoms with Crippen molar-refractivity contribution in [1.29, 1.82) is 0 Å². The molecule has 0 bridgehead atoms. The lowest BCUT2D eigenvalue weighted by Crippen LogP contribution is -2.23. The molecule has 0 aromatic heterocycles. The minimum Gasteiger partial charge on any atom is -0.371 e. The second-order valence-corrected chi connectivity index (χ2v) is 6.37. The molecule has 2 aliphatic rings. The average Bonchev–Trinajstić information content (AvgIpc) is 2.98. The zero-order chi connectivity index (χ0) is 12.5. The van der Waals surface area contributed by atoms with E-state index < -0.39 is 0 Å². The molecule has 3 rings (SSSR count). The van der Waals surface area contributed by atoms with E-state index in [1.165, 1.54) is 48.5 Å². The predicted octanol–water partition coefficient (Wildman–Crippen LogP) is 3.10. The SMILES string of the molecule is CSc1cccc(N2CC3CCCC3C2)c1CN. The highest BCUT2D eigenvalue weighted by Crippen LogP contribution is 2.41. The molecule has 0 spiro atoms. The van der Waals surface area contributed by atoms with Crippen LogP contribution >= 0.6 is 11.8 Å². The Morgan fingerprint density at radius 3 is 2.61 bits per heavy atom. The maximum atomic E-state index is 5.97. The molecule has 2 atom stereocenters. The molecule has 2 nitrogen and oxygen atoms in total. The summed E-state index contributed by atoms with van der Waals surface area (Å²) in [7, 11) is 0. The Balaban J connectivity index is 1.88. The van der Waals surface area contributed by atoms with Crippen molar-refractivity contribution in [3.8, 4) is 0 Å².